The molecular formula is C12H22N2O2. The van der Waals surface area contributed by atoms with Crippen molar-refractivity contribution in [1.29, 1.82) is 0 Å². The third-order valence-electron chi connectivity index (χ3n) is 3.67. The Morgan fingerprint density at radius 1 is 1.50 bits per heavy atom. The van der Waals surface area contributed by atoms with Crippen molar-refractivity contribution in [2.24, 2.45) is 17.8 Å². The summed E-state index contributed by atoms with van der Waals surface area (Å²) in [6, 6.07) is 0. The maximum Gasteiger partial charge on any atom is 0.224 e. The number of carbonyl (C=O) groups excluding carboxylic acids is 1. The molecular weight excluding hydrogens is 204 g/mol. The standard InChI is InChI=1S/C12H22N2O2/c1-9-5-13-7-11(9)12(15)14-6-10-3-2-4-16-8-10/h9-11,13H,2-8H2,1H3,(H,14,15)/t9-,10?,11-/m1/s1. The number of rotatable bonds is 3. The van der Waals surface area contributed by atoms with Crippen LogP contribution in [-0.2, 0) is 9.53 Å². The summed E-state index contributed by atoms with van der Waals surface area (Å²) in [7, 11) is 0. The lowest BCUT2D eigenvalue weighted by Gasteiger charge is -2.23. The van der Waals surface area contributed by atoms with Crippen LogP contribution in [0.4, 0.5) is 0 Å². The molecule has 1 amide bonds. The second-order valence-corrected chi connectivity index (χ2v) is 5.07. The van der Waals surface area contributed by atoms with E-state index in [4.69, 9.17) is 4.74 Å². The van der Waals surface area contributed by atoms with Gasteiger partial charge in [-0.3, -0.25) is 4.79 Å². The summed E-state index contributed by atoms with van der Waals surface area (Å²) in [6.07, 6.45) is 2.31. The van der Waals surface area contributed by atoms with Gasteiger partial charge in [0.25, 0.3) is 0 Å². The van der Waals surface area contributed by atoms with Crippen molar-refractivity contribution in [2.75, 3.05) is 32.8 Å². The number of hydrogen-bond acceptors (Lipinski definition) is 3. The van der Waals surface area contributed by atoms with Crippen molar-refractivity contribution in [3.8, 4) is 0 Å². The molecule has 0 aromatic rings. The minimum atomic E-state index is 0.157. The molecule has 0 aromatic heterocycles. The highest BCUT2D eigenvalue weighted by Gasteiger charge is 2.29. The third-order valence-corrected chi connectivity index (χ3v) is 3.67. The van der Waals surface area contributed by atoms with Crippen molar-refractivity contribution in [3.63, 3.8) is 0 Å². The van der Waals surface area contributed by atoms with E-state index in [2.05, 4.69) is 17.6 Å². The molecule has 0 saturated carbocycles. The summed E-state index contributed by atoms with van der Waals surface area (Å²) in [4.78, 5) is 11.9. The van der Waals surface area contributed by atoms with Gasteiger partial charge < -0.3 is 15.4 Å². The number of amides is 1. The number of nitrogens with one attached hydrogen (secondary N) is 2. The smallest absolute Gasteiger partial charge is 0.224 e. The first-order valence-corrected chi connectivity index (χ1v) is 6.33. The molecule has 0 radical (unpaired) electrons. The predicted molar refractivity (Wildman–Crippen MR) is 62.1 cm³/mol. The van der Waals surface area contributed by atoms with E-state index < -0.39 is 0 Å². The van der Waals surface area contributed by atoms with Crippen LogP contribution in [0.25, 0.3) is 0 Å². The fourth-order valence-electron chi connectivity index (χ4n) is 2.51. The zero-order chi connectivity index (χ0) is 11.4. The Kier molecular flexibility index (Phi) is 4.18. The molecule has 2 rings (SSSR count). The lowest BCUT2D eigenvalue weighted by molar-refractivity contribution is -0.125. The van der Waals surface area contributed by atoms with Crippen LogP contribution in [0, 0.1) is 17.8 Å². The summed E-state index contributed by atoms with van der Waals surface area (Å²) in [5.41, 5.74) is 0. The number of hydrogen-bond donors (Lipinski definition) is 2. The highest BCUT2D eigenvalue weighted by atomic mass is 16.5. The molecule has 0 bridgehead atoms. The average Bonchev–Trinajstić information content (AvgIpc) is 2.74. The van der Waals surface area contributed by atoms with E-state index in [1.807, 2.05) is 0 Å². The van der Waals surface area contributed by atoms with Crippen LogP contribution in [-0.4, -0.2) is 38.8 Å². The highest BCUT2D eigenvalue weighted by molar-refractivity contribution is 5.79. The molecule has 4 nitrogen and oxygen atoms in total. The average molecular weight is 226 g/mol. The Morgan fingerprint density at radius 3 is 3.00 bits per heavy atom. The fraction of sp³-hybridized carbons (Fsp3) is 0.917. The van der Waals surface area contributed by atoms with Crippen LogP contribution in [0.15, 0.2) is 0 Å². The van der Waals surface area contributed by atoms with Crippen LogP contribution in [0.2, 0.25) is 0 Å². The van der Waals surface area contributed by atoms with Crippen molar-refractivity contribution in [3.05, 3.63) is 0 Å². The van der Waals surface area contributed by atoms with Crippen molar-refractivity contribution >= 4 is 5.91 Å². The van der Waals surface area contributed by atoms with Gasteiger partial charge >= 0.3 is 0 Å². The highest BCUT2D eigenvalue weighted by Crippen LogP contribution is 2.17. The largest absolute Gasteiger partial charge is 0.381 e. The summed E-state index contributed by atoms with van der Waals surface area (Å²) < 4.78 is 5.40. The molecule has 2 saturated heterocycles. The quantitative estimate of drug-likeness (QED) is 0.731. The van der Waals surface area contributed by atoms with Crippen LogP contribution in [0.5, 0.6) is 0 Å². The Labute approximate surface area is 97.1 Å². The Bertz CT molecular complexity index is 239. The summed E-state index contributed by atoms with van der Waals surface area (Å²) in [5, 5.41) is 6.32. The number of carbonyl (C=O) groups is 1. The lowest BCUT2D eigenvalue weighted by atomic mass is 9.96. The van der Waals surface area contributed by atoms with Gasteiger partial charge in [0.05, 0.1) is 12.5 Å². The monoisotopic (exact) mass is 226 g/mol. The molecule has 2 heterocycles. The van der Waals surface area contributed by atoms with Crippen LogP contribution < -0.4 is 10.6 Å². The normalized spacial score (nSPS) is 34.9. The second kappa shape index (κ2) is 5.64. The first-order chi connectivity index (χ1) is 7.77. The van der Waals surface area contributed by atoms with E-state index in [1.165, 1.54) is 6.42 Å². The SMILES string of the molecule is C[C@@H]1CNC[C@H]1C(=O)NCC1CCCOC1. The first-order valence-electron chi connectivity index (χ1n) is 6.33. The molecule has 0 aromatic carbocycles. The van der Waals surface area contributed by atoms with Gasteiger partial charge in [-0.25, -0.2) is 0 Å². The van der Waals surface area contributed by atoms with Gasteiger partial charge in [0, 0.05) is 19.7 Å². The van der Waals surface area contributed by atoms with Gasteiger partial charge in [0.2, 0.25) is 5.91 Å². The van der Waals surface area contributed by atoms with E-state index in [1.54, 1.807) is 0 Å². The maximum atomic E-state index is 11.9. The fourth-order valence-corrected chi connectivity index (χ4v) is 2.51. The van der Waals surface area contributed by atoms with Gasteiger partial charge in [0.1, 0.15) is 0 Å². The van der Waals surface area contributed by atoms with Crippen molar-refractivity contribution in [1.82, 2.24) is 10.6 Å². The second-order valence-electron chi connectivity index (χ2n) is 5.07. The van der Waals surface area contributed by atoms with E-state index >= 15 is 0 Å². The van der Waals surface area contributed by atoms with E-state index in [0.29, 0.717) is 11.8 Å². The summed E-state index contributed by atoms with van der Waals surface area (Å²) >= 11 is 0. The summed E-state index contributed by atoms with van der Waals surface area (Å²) in [6.45, 7) is 6.39. The van der Waals surface area contributed by atoms with Crippen LogP contribution in [0.3, 0.4) is 0 Å². The Hall–Kier alpha value is -0.610. The Balaban J connectivity index is 1.70. The van der Waals surface area contributed by atoms with Gasteiger partial charge in [-0.2, -0.15) is 0 Å². The third kappa shape index (κ3) is 2.95. The molecule has 2 N–H and O–H groups in total. The minimum Gasteiger partial charge on any atom is -0.381 e. The van der Waals surface area contributed by atoms with Crippen molar-refractivity contribution < 1.29 is 9.53 Å². The molecule has 3 atom stereocenters. The van der Waals surface area contributed by atoms with Gasteiger partial charge in [0.15, 0.2) is 0 Å². The molecule has 4 heteroatoms. The van der Waals surface area contributed by atoms with E-state index in [-0.39, 0.29) is 11.8 Å². The molecule has 0 aliphatic carbocycles. The van der Waals surface area contributed by atoms with Crippen molar-refractivity contribution in [2.45, 2.75) is 19.8 Å². The molecule has 92 valence electrons. The van der Waals surface area contributed by atoms with Crippen LogP contribution >= 0.6 is 0 Å². The van der Waals surface area contributed by atoms with E-state index in [9.17, 15) is 4.79 Å². The van der Waals surface area contributed by atoms with E-state index in [0.717, 1.165) is 39.3 Å². The predicted octanol–water partition coefficient (Wildman–Crippen LogP) is 0.385. The maximum absolute atomic E-state index is 11.9. The molecule has 2 aliphatic rings. The molecule has 16 heavy (non-hydrogen) atoms. The molecule has 2 aliphatic heterocycles. The van der Waals surface area contributed by atoms with Gasteiger partial charge in [-0.15, -0.1) is 0 Å². The number of ether oxygens (including phenoxy) is 1. The van der Waals surface area contributed by atoms with Gasteiger partial charge in [-0.05, 0) is 31.2 Å². The lowest BCUT2D eigenvalue weighted by Crippen LogP contribution is -2.38. The van der Waals surface area contributed by atoms with Crippen LogP contribution in [0.1, 0.15) is 19.8 Å². The topological polar surface area (TPSA) is 50.4 Å². The summed E-state index contributed by atoms with van der Waals surface area (Å²) in [5.74, 6) is 1.34. The first kappa shape index (κ1) is 11.9. The zero-order valence-corrected chi connectivity index (χ0v) is 10.00. The Morgan fingerprint density at radius 2 is 2.38 bits per heavy atom. The zero-order valence-electron chi connectivity index (χ0n) is 10.00. The molecule has 2 fully saturated rings. The minimum absolute atomic E-state index is 0.157. The molecule has 0 spiro atoms. The van der Waals surface area contributed by atoms with Gasteiger partial charge in [-0.1, -0.05) is 6.92 Å². The molecule has 1 unspecified atom stereocenters.